The Kier molecular flexibility index (Phi) is 7.74. The lowest BCUT2D eigenvalue weighted by Gasteiger charge is -2.15. The van der Waals surface area contributed by atoms with E-state index in [1.54, 1.807) is 6.07 Å². The van der Waals surface area contributed by atoms with Crippen LogP contribution in [0.4, 0.5) is 13.2 Å². The standard InChI is InChI=1S/C17H22F3NO3/c1-12(13-5-4-6-14(11-13)17(18,19)20)9-10-21-15(22)7-2-3-8-16(23)24/h4-6,11-12H,2-3,7-10H2,1H3,(H,21,22)(H,23,24). The molecule has 2 N–H and O–H groups in total. The lowest BCUT2D eigenvalue weighted by atomic mass is 9.96. The Morgan fingerprint density at radius 2 is 1.88 bits per heavy atom. The maximum Gasteiger partial charge on any atom is 0.416 e. The molecule has 0 aromatic heterocycles. The van der Waals surface area contributed by atoms with Crippen LogP contribution >= 0.6 is 0 Å². The molecule has 0 aliphatic heterocycles. The summed E-state index contributed by atoms with van der Waals surface area (Å²) in [4.78, 5) is 21.9. The third-order valence-corrected chi connectivity index (χ3v) is 3.73. The maximum atomic E-state index is 12.7. The third kappa shape index (κ3) is 7.48. The van der Waals surface area contributed by atoms with Gasteiger partial charge in [0.25, 0.3) is 0 Å². The van der Waals surface area contributed by atoms with E-state index in [0.717, 1.165) is 12.1 Å². The number of benzene rings is 1. The van der Waals surface area contributed by atoms with E-state index in [1.165, 1.54) is 6.07 Å². The van der Waals surface area contributed by atoms with Crippen LogP contribution in [0.25, 0.3) is 0 Å². The summed E-state index contributed by atoms with van der Waals surface area (Å²) in [7, 11) is 0. The zero-order valence-electron chi connectivity index (χ0n) is 13.5. The molecule has 1 unspecified atom stereocenters. The predicted octanol–water partition coefficient (Wildman–Crippen LogP) is 3.96. The highest BCUT2D eigenvalue weighted by atomic mass is 19.4. The van der Waals surface area contributed by atoms with E-state index < -0.39 is 17.7 Å². The average molecular weight is 345 g/mol. The van der Waals surface area contributed by atoms with E-state index in [1.807, 2.05) is 6.92 Å². The van der Waals surface area contributed by atoms with Crippen molar-refractivity contribution < 1.29 is 27.9 Å². The summed E-state index contributed by atoms with van der Waals surface area (Å²) in [5.74, 6) is -1.17. The number of unbranched alkanes of at least 4 members (excludes halogenated alkanes) is 1. The highest BCUT2D eigenvalue weighted by molar-refractivity contribution is 5.75. The van der Waals surface area contributed by atoms with Crippen LogP contribution < -0.4 is 5.32 Å². The maximum absolute atomic E-state index is 12.7. The molecule has 0 radical (unpaired) electrons. The normalized spacial score (nSPS) is 12.7. The minimum atomic E-state index is -4.36. The predicted molar refractivity (Wildman–Crippen MR) is 83.6 cm³/mol. The van der Waals surface area contributed by atoms with Gasteiger partial charge in [0.05, 0.1) is 5.56 Å². The zero-order chi connectivity index (χ0) is 18.2. The van der Waals surface area contributed by atoms with E-state index in [-0.39, 0.29) is 24.7 Å². The first-order valence-corrected chi connectivity index (χ1v) is 7.86. The van der Waals surface area contributed by atoms with Crippen molar-refractivity contribution in [3.8, 4) is 0 Å². The molecule has 1 aromatic rings. The number of halogens is 3. The van der Waals surface area contributed by atoms with E-state index in [9.17, 15) is 22.8 Å². The molecular weight excluding hydrogens is 323 g/mol. The van der Waals surface area contributed by atoms with Crippen LogP contribution in [0.2, 0.25) is 0 Å². The van der Waals surface area contributed by atoms with Crippen molar-refractivity contribution in [1.29, 1.82) is 0 Å². The van der Waals surface area contributed by atoms with E-state index >= 15 is 0 Å². The molecule has 134 valence electrons. The molecule has 0 aliphatic rings. The largest absolute Gasteiger partial charge is 0.481 e. The van der Waals surface area contributed by atoms with Gasteiger partial charge in [-0.15, -0.1) is 0 Å². The van der Waals surface area contributed by atoms with Gasteiger partial charge in [0.2, 0.25) is 5.91 Å². The topological polar surface area (TPSA) is 66.4 Å². The van der Waals surface area contributed by atoms with E-state index in [4.69, 9.17) is 5.11 Å². The second kappa shape index (κ2) is 9.30. The fraction of sp³-hybridized carbons (Fsp3) is 0.529. The van der Waals surface area contributed by atoms with Gasteiger partial charge in [-0.05, 0) is 36.8 Å². The van der Waals surface area contributed by atoms with Gasteiger partial charge in [-0.1, -0.05) is 25.1 Å². The number of rotatable bonds is 9. The first kappa shape index (κ1) is 20.0. The number of carbonyl (C=O) groups is 2. The number of carboxylic acids is 1. The Morgan fingerprint density at radius 3 is 2.50 bits per heavy atom. The van der Waals surface area contributed by atoms with Gasteiger partial charge in [0.15, 0.2) is 0 Å². The summed E-state index contributed by atoms with van der Waals surface area (Å²) in [6, 6.07) is 5.21. The lowest BCUT2D eigenvalue weighted by Crippen LogP contribution is -2.25. The number of amides is 1. The number of hydrogen-bond donors (Lipinski definition) is 2. The molecule has 0 spiro atoms. The van der Waals surface area contributed by atoms with Crippen molar-refractivity contribution in [1.82, 2.24) is 5.32 Å². The van der Waals surface area contributed by atoms with Crippen molar-refractivity contribution in [3.63, 3.8) is 0 Å². The van der Waals surface area contributed by atoms with Gasteiger partial charge in [-0.2, -0.15) is 13.2 Å². The second-order valence-electron chi connectivity index (χ2n) is 5.76. The Morgan fingerprint density at radius 1 is 1.21 bits per heavy atom. The summed E-state index contributed by atoms with van der Waals surface area (Å²) in [5, 5.41) is 11.2. The number of carbonyl (C=O) groups excluding carboxylic acids is 1. The smallest absolute Gasteiger partial charge is 0.416 e. The Balaban J connectivity index is 2.35. The van der Waals surface area contributed by atoms with Crippen molar-refractivity contribution in [2.75, 3.05) is 6.54 Å². The molecule has 0 heterocycles. The highest BCUT2D eigenvalue weighted by Crippen LogP contribution is 2.31. The van der Waals surface area contributed by atoms with Crippen LogP contribution in [0, 0.1) is 0 Å². The first-order valence-electron chi connectivity index (χ1n) is 7.86. The Bertz CT molecular complexity index is 558. The highest BCUT2D eigenvalue weighted by Gasteiger charge is 2.30. The molecule has 24 heavy (non-hydrogen) atoms. The molecule has 1 atom stereocenters. The van der Waals surface area contributed by atoms with E-state index in [0.29, 0.717) is 31.4 Å². The van der Waals surface area contributed by atoms with Crippen molar-refractivity contribution in [3.05, 3.63) is 35.4 Å². The average Bonchev–Trinajstić information content (AvgIpc) is 2.50. The number of aliphatic carboxylic acids is 1. The molecule has 0 aliphatic carbocycles. The Hall–Kier alpha value is -2.05. The Labute approximate surface area is 139 Å². The van der Waals surface area contributed by atoms with Gasteiger partial charge in [0.1, 0.15) is 0 Å². The quantitative estimate of drug-likeness (QED) is 0.666. The van der Waals surface area contributed by atoms with Gasteiger partial charge < -0.3 is 10.4 Å². The molecule has 0 fully saturated rings. The van der Waals surface area contributed by atoms with Crippen LogP contribution in [0.3, 0.4) is 0 Å². The van der Waals surface area contributed by atoms with Crippen LogP contribution in [0.1, 0.15) is 56.1 Å². The molecule has 1 amide bonds. The van der Waals surface area contributed by atoms with Crippen LogP contribution in [-0.4, -0.2) is 23.5 Å². The molecule has 0 saturated heterocycles. The molecule has 7 heteroatoms. The number of carboxylic acid groups (broad SMARTS) is 1. The van der Waals surface area contributed by atoms with Gasteiger partial charge in [-0.25, -0.2) is 0 Å². The van der Waals surface area contributed by atoms with Crippen LogP contribution in [0.5, 0.6) is 0 Å². The van der Waals surface area contributed by atoms with Crippen molar-refractivity contribution in [2.45, 2.75) is 51.1 Å². The van der Waals surface area contributed by atoms with Gasteiger partial charge in [-0.3, -0.25) is 9.59 Å². The zero-order valence-corrected chi connectivity index (χ0v) is 13.5. The molecular formula is C17H22F3NO3. The summed E-state index contributed by atoms with van der Waals surface area (Å²) in [6.07, 6.45) is -2.59. The third-order valence-electron chi connectivity index (χ3n) is 3.73. The lowest BCUT2D eigenvalue weighted by molar-refractivity contribution is -0.138. The SMILES string of the molecule is CC(CCNC(=O)CCCCC(=O)O)c1cccc(C(F)(F)F)c1. The van der Waals surface area contributed by atoms with E-state index in [2.05, 4.69) is 5.32 Å². The second-order valence-corrected chi connectivity index (χ2v) is 5.76. The molecule has 0 saturated carbocycles. The first-order chi connectivity index (χ1) is 11.2. The molecule has 1 aromatic carbocycles. The van der Waals surface area contributed by atoms with Crippen LogP contribution in [0.15, 0.2) is 24.3 Å². The molecule has 4 nitrogen and oxygen atoms in total. The number of hydrogen-bond acceptors (Lipinski definition) is 2. The van der Waals surface area contributed by atoms with Crippen LogP contribution in [-0.2, 0) is 15.8 Å². The summed E-state index contributed by atoms with van der Waals surface area (Å²) >= 11 is 0. The fourth-order valence-corrected chi connectivity index (χ4v) is 2.27. The van der Waals surface area contributed by atoms with Gasteiger partial charge in [0, 0.05) is 19.4 Å². The summed E-state index contributed by atoms with van der Waals surface area (Å²) in [5.41, 5.74) is -0.0881. The summed E-state index contributed by atoms with van der Waals surface area (Å²) in [6.45, 7) is 2.18. The monoisotopic (exact) mass is 345 g/mol. The summed E-state index contributed by atoms with van der Waals surface area (Å²) < 4.78 is 38.1. The van der Waals surface area contributed by atoms with Gasteiger partial charge >= 0.3 is 12.1 Å². The minimum absolute atomic E-state index is 0.0415. The van der Waals surface area contributed by atoms with Crippen molar-refractivity contribution >= 4 is 11.9 Å². The fourth-order valence-electron chi connectivity index (χ4n) is 2.27. The molecule has 1 rings (SSSR count). The number of nitrogens with one attached hydrogen (secondary N) is 1. The number of alkyl halides is 3. The molecule has 0 bridgehead atoms. The van der Waals surface area contributed by atoms with Crippen molar-refractivity contribution in [2.24, 2.45) is 0 Å². The minimum Gasteiger partial charge on any atom is -0.481 e.